The lowest BCUT2D eigenvalue weighted by atomic mass is 10.1. The summed E-state index contributed by atoms with van der Waals surface area (Å²) >= 11 is 7.50. The van der Waals surface area contributed by atoms with Gasteiger partial charge in [0.2, 0.25) is 5.91 Å². The highest BCUT2D eigenvalue weighted by Gasteiger charge is 2.25. The van der Waals surface area contributed by atoms with E-state index in [9.17, 15) is 9.90 Å². The molecule has 1 aliphatic heterocycles. The number of nitrogens with one attached hydrogen (secondary N) is 1. The Bertz CT molecular complexity index is 404. The zero-order valence-corrected chi connectivity index (χ0v) is 11.5. The molecule has 0 aliphatic carbocycles. The minimum absolute atomic E-state index is 0.0199. The van der Waals surface area contributed by atoms with Crippen LogP contribution in [0.3, 0.4) is 0 Å². The fourth-order valence-electron chi connectivity index (χ4n) is 1.98. The summed E-state index contributed by atoms with van der Waals surface area (Å²) in [4.78, 5) is 12.0. The molecule has 1 saturated heterocycles. The van der Waals surface area contributed by atoms with Crippen molar-refractivity contribution in [1.29, 1.82) is 0 Å². The normalized spacial score (nSPS) is 20.7. The first-order valence-corrected chi connectivity index (χ1v) is 7.41. The molecule has 5 heteroatoms. The topological polar surface area (TPSA) is 49.3 Å². The number of hydrogen-bond acceptors (Lipinski definition) is 3. The number of carbonyl (C=O) groups is 1. The highest BCUT2D eigenvalue weighted by molar-refractivity contribution is 8.00. The summed E-state index contributed by atoms with van der Waals surface area (Å²) in [5.74, 6) is 1.06. The first kappa shape index (κ1) is 13.7. The number of hydrogen-bond donors (Lipinski definition) is 2. The summed E-state index contributed by atoms with van der Waals surface area (Å²) in [7, 11) is 0. The number of carbonyl (C=O) groups excluding carboxylic acids is 1. The zero-order valence-electron chi connectivity index (χ0n) is 9.93. The Labute approximate surface area is 116 Å². The predicted molar refractivity (Wildman–Crippen MR) is 74.9 cm³/mol. The third kappa shape index (κ3) is 3.40. The number of amides is 1. The van der Waals surface area contributed by atoms with Crippen molar-refractivity contribution in [2.24, 2.45) is 0 Å². The molecule has 2 rings (SSSR count). The molecule has 1 aliphatic rings. The highest BCUT2D eigenvalue weighted by atomic mass is 35.5. The summed E-state index contributed by atoms with van der Waals surface area (Å²) in [5, 5.41) is 13.0. The second-order valence-electron chi connectivity index (χ2n) is 4.30. The van der Waals surface area contributed by atoms with Crippen LogP contribution >= 0.6 is 23.4 Å². The molecule has 18 heavy (non-hydrogen) atoms. The number of rotatable bonds is 4. The second kappa shape index (κ2) is 6.45. The Morgan fingerprint density at radius 2 is 2.22 bits per heavy atom. The maximum atomic E-state index is 12.0. The quantitative estimate of drug-likeness (QED) is 0.893. The Kier molecular flexibility index (Phi) is 4.92. The molecule has 0 saturated carbocycles. The summed E-state index contributed by atoms with van der Waals surface area (Å²) < 4.78 is 0. The van der Waals surface area contributed by atoms with Gasteiger partial charge in [-0.25, -0.2) is 0 Å². The first-order valence-electron chi connectivity index (χ1n) is 5.99. The van der Waals surface area contributed by atoms with Gasteiger partial charge in [-0.05, 0) is 36.3 Å². The molecule has 3 nitrogen and oxygen atoms in total. The molecular formula is C13H16ClNO2S. The van der Waals surface area contributed by atoms with Crippen LogP contribution in [0.25, 0.3) is 0 Å². The minimum Gasteiger partial charge on any atom is -0.394 e. The number of benzene rings is 1. The molecule has 0 spiro atoms. The largest absolute Gasteiger partial charge is 0.394 e. The van der Waals surface area contributed by atoms with Crippen LogP contribution in [-0.4, -0.2) is 28.6 Å². The Morgan fingerprint density at radius 1 is 1.50 bits per heavy atom. The van der Waals surface area contributed by atoms with E-state index in [2.05, 4.69) is 5.32 Å². The van der Waals surface area contributed by atoms with Gasteiger partial charge < -0.3 is 10.4 Å². The van der Waals surface area contributed by atoms with E-state index in [0.29, 0.717) is 5.02 Å². The molecule has 1 aromatic carbocycles. The van der Waals surface area contributed by atoms with Crippen LogP contribution in [0.1, 0.15) is 24.4 Å². The van der Waals surface area contributed by atoms with Gasteiger partial charge in [-0.1, -0.05) is 23.7 Å². The lowest BCUT2D eigenvalue weighted by Crippen LogP contribution is -2.36. The summed E-state index contributed by atoms with van der Waals surface area (Å²) in [5.41, 5.74) is 0.873. The van der Waals surface area contributed by atoms with Crippen LogP contribution in [0, 0.1) is 0 Å². The van der Waals surface area contributed by atoms with E-state index >= 15 is 0 Å². The SMILES string of the molecule is O=C(NC(CO)c1ccc(Cl)cc1)C1CCCS1. The molecule has 2 unspecified atom stereocenters. The molecule has 1 aromatic rings. The van der Waals surface area contributed by atoms with Crippen LogP contribution in [0.2, 0.25) is 5.02 Å². The van der Waals surface area contributed by atoms with Crippen LogP contribution in [0.4, 0.5) is 0 Å². The van der Waals surface area contributed by atoms with Crippen molar-refractivity contribution in [3.8, 4) is 0 Å². The summed E-state index contributed by atoms with van der Waals surface area (Å²) in [6, 6.07) is 6.82. The summed E-state index contributed by atoms with van der Waals surface area (Å²) in [6.45, 7) is -0.106. The van der Waals surface area contributed by atoms with Crippen molar-refractivity contribution in [1.82, 2.24) is 5.32 Å². The first-order chi connectivity index (χ1) is 8.70. The van der Waals surface area contributed by atoms with E-state index in [4.69, 9.17) is 11.6 Å². The average molecular weight is 286 g/mol. The fraction of sp³-hybridized carbons (Fsp3) is 0.462. The number of aliphatic hydroxyl groups excluding tert-OH is 1. The Hall–Kier alpha value is -0.710. The van der Waals surface area contributed by atoms with Crippen LogP contribution in [0.15, 0.2) is 24.3 Å². The maximum Gasteiger partial charge on any atom is 0.233 e. The lowest BCUT2D eigenvalue weighted by molar-refractivity contribution is -0.121. The monoisotopic (exact) mass is 285 g/mol. The van der Waals surface area contributed by atoms with Crippen LogP contribution < -0.4 is 5.32 Å². The smallest absolute Gasteiger partial charge is 0.233 e. The van der Waals surface area contributed by atoms with Gasteiger partial charge in [0, 0.05) is 5.02 Å². The fourth-order valence-corrected chi connectivity index (χ4v) is 3.28. The third-order valence-corrected chi connectivity index (χ3v) is 4.62. The molecular weight excluding hydrogens is 270 g/mol. The molecule has 1 amide bonds. The molecule has 2 N–H and O–H groups in total. The van der Waals surface area contributed by atoms with E-state index in [-0.39, 0.29) is 23.8 Å². The van der Waals surface area contributed by atoms with E-state index in [1.807, 2.05) is 12.1 Å². The lowest BCUT2D eigenvalue weighted by Gasteiger charge is -2.19. The molecule has 98 valence electrons. The zero-order chi connectivity index (χ0) is 13.0. The van der Waals surface area contributed by atoms with E-state index < -0.39 is 0 Å². The molecule has 1 fully saturated rings. The Morgan fingerprint density at radius 3 is 2.78 bits per heavy atom. The van der Waals surface area contributed by atoms with Gasteiger partial charge in [-0.3, -0.25) is 4.79 Å². The van der Waals surface area contributed by atoms with Gasteiger partial charge >= 0.3 is 0 Å². The highest BCUT2D eigenvalue weighted by Crippen LogP contribution is 2.27. The number of thioether (sulfide) groups is 1. The van der Waals surface area contributed by atoms with Crippen LogP contribution in [0.5, 0.6) is 0 Å². The van der Waals surface area contributed by atoms with Gasteiger partial charge in [-0.15, -0.1) is 11.8 Å². The van der Waals surface area contributed by atoms with Crippen molar-refractivity contribution in [3.63, 3.8) is 0 Å². The number of halogens is 1. The number of aliphatic hydroxyl groups is 1. The van der Waals surface area contributed by atoms with Gasteiger partial charge in [0.25, 0.3) is 0 Å². The van der Waals surface area contributed by atoms with Crippen LogP contribution in [-0.2, 0) is 4.79 Å². The molecule has 2 atom stereocenters. The van der Waals surface area contributed by atoms with Crippen molar-refractivity contribution in [2.75, 3.05) is 12.4 Å². The average Bonchev–Trinajstić information content (AvgIpc) is 2.91. The van der Waals surface area contributed by atoms with Crippen molar-refractivity contribution >= 4 is 29.3 Å². The molecule has 0 radical (unpaired) electrons. The van der Waals surface area contributed by atoms with Gasteiger partial charge in [0.15, 0.2) is 0 Å². The third-order valence-electron chi connectivity index (χ3n) is 2.99. The van der Waals surface area contributed by atoms with Gasteiger partial charge in [-0.2, -0.15) is 0 Å². The van der Waals surface area contributed by atoms with E-state index in [0.717, 1.165) is 24.2 Å². The standard InChI is InChI=1S/C13H16ClNO2S/c14-10-5-3-9(4-6-10)11(8-16)15-13(17)12-2-1-7-18-12/h3-6,11-12,16H,1-2,7-8H2,(H,15,17). The Balaban J connectivity index is 2.00. The second-order valence-corrected chi connectivity index (χ2v) is 6.04. The van der Waals surface area contributed by atoms with Gasteiger partial charge in [0.1, 0.15) is 0 Å². The molecule has 0 aromatic heterocycles. The maximum absolute atomic E-state index is 12.0. The van der Waals surface area contributed by atoms with Crippen molar-refractivity contribution < 1.29 is 9.90 Å². The molecule has 0 bridgehead atoms. The predicted octanol–water partition coefficient (Wildman–Crippen LogP) is 2.39. The van der Waals surface area contributed by atoms with Crippen molar-refractivity contribution in [2.45, 2.75) is 24.1 Å². The van der Waals surface area contributed by atoms with Crippen molar-refractivity contribution in [3.05, 3.63) is 34.9 Å². The van der Waals surface area contributed by atoms with E-state index in [1.54, 1.807) is 23.9 Å². The van der Waals surface area contributed by atoms with E-state index in [1.165, 1.54) is 0 Å². The van der Waals surface area contributed by atoms with Gasteiger partial charge in [0.05, 0.1) is 17.9 Å². The molecule has 1 heterocycles. The minimum atomic E-state index is -0.351. The summed E-state index contributed by atoms with van der Waals surface area (Å²) in [6.07, 6.45) is 2.02.